The van der Waals surface area contributed by atoms with Gasteiger partial charge in [-0.15, -0.1) is 0 Å². The van der Waals surface area contributed by atoms with Crippen molar-refractivity contribution in [1.29, 1.82) is 0 Å². The topological polar surface area (TPSA) is 0 Å². The Kier molecular flexibility index (Phi) is 14.1. The minimum atomic E-state index is -0.497. The molecule has 3 rings (SSSR count). The van der Waals surface area contributed by atoms with Crippen molar-refractivity contribution in [3.63, 3.8) is 0 Å². The van der Waals surface area contributed by atoms with E-state index < -0.39 is 7.92 Å². The van der Waals surface area contributed by atoms with E-state index in [2.05, 4.69) is 78.9 Å². The average molecular weight is 350 g/mol. The van der Waals surface area contributed by atoms with Crippen molar-refractivity contribution >= 4 is 23.8 Å². The van der Waals surface area contributed by atoms with Crippen LogP contribution in [0.15, 0.2) is 78.9 Å². The molecule has 0 bridgehead atoms. The molecule has 0 heterocycles. The lowest BCUT2D eigenvalue weighted by molar-refractivity contribution is 1.50. The standard InChI is InChI=1S/C18H13P.3C2H6/c1-4-10-16(11-5-1)19(17-12-6-2-7-13-17)18-14-8-3-9-15-18;3*1-2/h1-2,4-8,10-15H;3*1-2H3. The summed E-state index contributed by atoms with van der Waals surface area (Å²) in [5, 5.41) is 4.04. The Balaban J connectivity index is 0.000000871. The summed E-state index contributed by atoms with van der Waals surface area (Å²) in [6, 6.07) is 33.5. The summed E-state index contributed by atoms with van der Waals surface area (Å²) in [7, 11) is -0.497. The van der Waals surface area contributed by atoms with Gasteiger partial charge >= 0.3 is 0 Å². The maximum Gasteiger partial charge on any atom is -0.00314 e. The van der Waals surface area contributed by atoms with Crippen LogP contribution in [0.4, 0.5) is 0 Å². The van der Waals surface area contributed by atoms with Gasteiger partial charge in [-0.25, -0.2) is 0 Å². The number of hydrogen-bond acceptors (Lipinski definition) is 0. The molecule has 0 amide bonds. The molecule has 0 atom stereocenters. The molecule has 0 aliphatic rings. The maximum absolute atomic E-state index is 3.07. The molecule has 0 saturated heterocycles. The molecule has 0 aromatic heterocycles. The van der Waals surface area contributed by atoms with E-state index >= 15 is 0 Å². The van der Waals surface area contributed by atoms with Gasteiger partial charge in [-0.1, -0.05) is 114 Å². The molecule has 0 nitrogen and oxygen atoms in total. The summed E-state index contributed by atoms with van der Waals surface area (Å²) in [6.45, 7) is 12.0. The van der Waals surface area contributed by atoms with Crippen molar-refractivity contribution in [3.05, 3.63) is 91.0 Å². The lowest BCUT2D eigenvalue weighted by atomic mass is 10.4. The van der Waals surface area contributed by atoms with Gasteiger partial charge < -0.3 is 0 Å². The molecule has 0 unspecified atom stereocenters. The zero-order chi connectivity index (χ0) is 18.9. The van der Waals surface area contributed by atoms with Crippen LogP contribution in [0.2, 0.25) is 0 Å². The molecule has 0 spiro atoms. The van der Waals surface area contributed by atoms with Crippen LogP contribution in [-0.4, -0.2) is 0 Å². The Labute approximate surface area is 156 Å². The van der Waals surface area contributed by atoms with Crippen LogP contribution in [0.1, 0.15) is 41.5 Å². The minimum absolute atomic E-state index is 0.497. The highest BCUT2D eigenvalue weighted by Gasteiger charge is 2.15. The van der Waals surface area contributed by atoms with Crippen LogP contribution in [0, 0.1) is 12.1 Å². The van der Waals surface area contributed by atoms with Crippen molar-refractivity contribution in [2.75, 3.05) is 0 Å². The molecule has 3 aromatic rings. The van der Waals surface area contributed by atoms with E-state index in [0.29, 0.717) is 0 Å². The van der Waals surface area contributed by atoms with E-state index in [1.54, 1.807) is 0 Å². The number of benzene rings is 2. The predicted octanol–water partition coefficient (Wildman–Crippen LogP) is 6.12. The van der Waals surface area contributed by atoms with E-state index in [-0.39, 0.29) is 0 Å². The SMILES string of the molecule is CC.CC.CC.c1ccc(P(c2ccccc2)c2ccccc2)cc#1. The van der Waals surface area contributed by atoms with E-state index in [4.69, 9.17) is 0 Å². The highest BCUT2D eigenvalue weighted by atomic mass is 31.1. The second-order valence-corrected chi connectivity index (χ2v) is 6.42. The van der Waals surface area contributed by atoms with Crippen molar-refractivity contribution < 1.29 is 0 Å². The molecule has 0 aliphatic heterocycles. The summed E-state index contributed by atoms with van der Waals surface area (Å²) in [4.78, 5) is 0. The van der Waals surface area contributed by atoms with E-state index in [9.17, 15) is 0 Å². The van der Waals surface area contributed by atoms with Gasteiger partial charge in [0.2, 0.25) is 0 Å². The summed E-state index contributed by atoms with van der Waals surface area (Å²) < 4.78 is 0. The molecule has 25 heavy (non-hydrogen) atoms. The zero-order valence-corrected chi connectivity index (χ0v) is 17.3. The van der Waals surface area contributed by atoms with Gasteiger partial charge in [0.1, 0.15) is 0 Å². The quantitative estimate of drug-likeness (QED) is 0.499. The van der Waals surface area contributed by atoms with Crippen molar-refractivity contribution in [2.24, 2.45) is 0 Å². The molecule has 132 valence electrons. The first kappa shape index (κ1) is 22.9. The molecule has 1 heteroatoms. The fourth-order valence-corrected chi connectivity index (χ4v) is 4.33. The predicted molar refractivity (Wildman–Crippen MR) is 117 cm³/mol. The van der Waals surface area contributed by atoms with Crippen LogP contribution in [0.3, 0.4) is 0 Å². The molecule has 0 fully saturated rings. The van der Waals surface area contributed by atoms with Gasteiger partial charge in [0, 0.05) is 0 Å². The molecule has 0 radical (unpaired) electrons. The first-order chi connectivity index (χ1) is 12.4. The first-order valence-corrected chi connectivity index (χ1v) is 10.6. The Hall–Kier alpha value is -2.09. The van der Waals surface area contributed by atoms with Gasteiger partial charge in [0.05, 0.1) is 0 Å². The molecule has 0 saturated carbocycles. The van der Waals surface area contributed by atoms with Crippen LogP contribution in [0.25, 0.3) is 0 Å². The van der Waals surface area contributed by atoms with Crippen LogP contribution in [0.5, 0.6) is 0 Å². The fraction of sp³-hybridized carbons (Fsp3) is 0.250. The van der Waals surface area contributed by atoms with Crippen LogP contribution in [-0.2, 0) is 0 Å². The summed E-state index contributed by atoms with van der Waals surface area (Å²) >= 11 is 0. The largest absolute Gasteiger partial charge is 0.0702 e. The van der Waals surface area contributed by atoms with Crippen molar-refractivity contribution in [3.8, 4) is 0 Å². The lowest BCUT2D eigenvalue weighted by Crippen LogP contribution is -2.19. The van der Waals surface area contributed by atoms with Gasteiger partial charge in [0.25, 0.3) is 0 Å². The molecule has 0 N–H and O–H groups in total. The normalized spacial score (nSPS) is 8.44. The first-order valence-electron chi connectivity index (χ1n) is 9.23. The van der Waals surface area contributed by atoms with Crippen molar-refractivity contribution in [2.45, 2.75) is 41.5 Å². The summed E-state index contributed by atoms with van der Waals surface area (Å²) in [5.74, 6) is 0. The molecular formula is C24H31P. The number of hydrogen-bond donors (Lipinski definition) is 0. The van der Waals surface area contributed by atoms with E-state index in [1.165, 1.54) is 15.9 Å². The van der Waals surface area contributed by atoms with Gasteiger partial charge in [-0.05, 0) is 42.0 Å². The third kappa shape index (κ3) is 7.55. The second-order valence-electron chi connectivity index (χ2n) is 4.20. The van der Waals surface area contributed by atoms with Crippen molar-refractivity contribution in [1.82, 2.24) is 0 Å². The smallest absolute Gasteiger partial charge is 0.00314 e. The van der Waals surface area contributed by atoms with Crippen LogP contribution >= 0.6 is 7.92 Å². The highest BCUT2D eigenvalue weighted by molar-refractivity contribution is 7.79. The maximum atomic E-state index is 3.07. The highest BCUT2D eigenvalue weighted by Crippen LogP contribution is 2.31. The Morgan fingerprint density at radius 1 is 0.520 bits per heavy atom. The van der Waals surface area contributed by atoms with Gasteiger partial charge in [-0.3, -0.25) is 0 Å². The number of rotatable bonds is 3. The fourth-order valence-electron chi connectivity index (χ4n) is 2.08. The molecular weight excluding hydrogens is 319 g/mol. The average Bonchev–Trinajstić information content (AvgIpc) is 2.75. The Morgan fingerprint density at radius 3 is 1.32 bits per heavy atom. The zero-order valence-electron chi connectivity index (χ0n) is 16.5. The summed E-state index contributed by atoms with van der Waals surface area (Å²) in [6.07, 6.45) is 0. The second kappa shape index (κ2) is 15.4. The van der Waals surface area contributed by atoms with Crippen LogP contribution < -0.4 is 15.9 Å². The van der Waals surface area contributed by atoms with Gasteiger partial charge in [-0.2, -0.15) is 0 Å². The monoisotopic (exact) mass is 350 g/mol. The van der Waals surface area contributed by atoms with E-state index in [1.807, 2.05) is 53.7 Å². The Morgan fingerprint density at radius 2 is 0.960 bits per heavy atom. The van der Waals surface area contributed by atoms with Gasteiger partial charge in [0.15, 0.2) is 0 Å². The third-order valence-corrected chi connectivity index (χ3v) is 5.35. The Bertz CT molecular complexity index is 524. The minimum Gasteiger partial charge on any atom is -0.0702 e. The summed E-state index contributed by atoms with van der Waals surface area (Å²) in [5.41, 5.74) is 0. The molecule has 3 aromatic carbocycles. The van der Waals surface area contributed by atoms with E-state index in [0.717, 1.165) is 0 Å². The third-order valence-electron chi connectivity index (χ3n) is 2.93. The molecule has 0 aliphatic carbocycles. The lowest BCUT2D eigenvalue weighted by Gasteiger charge is -2.18.